The first-order valence-corrected chi connectivity index (χ1v) is 6.68. The lowest BCUT2D eigenvalue weighted by molar-refractivity contribution is 0.368. The number of nitrogens with zero attached hydrogens (tertiary/aromatic N) is 1. The van der Waals surface area contributed by atoms with Gasteiger partial charge in [0, 0.05) is 6.54 Å². The van der Waals surface area contributed by atoms with Crippen LogP contribution in [0.2, 0.25) is 0 Å². The van der Waals surface area contributed by atoms with Gasteiger partial charge >= 0.3 is 5.69 Å². The predicted molar refractivity (Wildman–Crippen MR) is 68.9 cm³/mol. The molecule has 1 saturated carbocycles. The number of hydrogen-bond acceptors (Lipinski definition) is 3. The van der Waals surface area contributed by atoms with Crippen molar-refractivity contribution in [1.82, 2.24) is 9.55 Å². The van der Waals surface area contributed by atoms with Crippen LogP contribution in [0.15, 0.2) is 9.59 Å². The molecular formula is C13H20N2O3. The van der Waals surface area contributed by atoms with E-state index in [2.05, 4.69) is 4.98 Å². The van der Waals surface area contributed by atoms with Crippen LogP contribution in [0.1, 0.15) is 44.6 Å². The van der Waals surface area contributed by atoms with Gasteiger partial charge in [-0.1, -0.05) is 32.6 Å². The quantitative estimate of drug-likeness (QED) is 0.850. The van der Waals surface area contributed by atoms with Gasteiger partial charge in [0.25, 0.3) is 5.56 Å². The minimum Gasteiger partial charge on any atom is -0.494 e. The number of hydrogen-bond donors (Lipinski definition) is 2. The molecule has 1 fully saturated rings. The Bertz CT molecular complexity index is 524. The van der Waals surface area contributed by atoms with E-state index in [1.165, 1.54) is 30.3 Å². The molecule has 5 nitrogen and oxygen atoms in total. The summed E-state index contributed by atoms with van der Waals surface area (Å²) >= 11 is 0. The molecule has 0 saturated heterocycles. The lowest BCUT2D eigenvalue weighted by atomic mass is 10.0. The van der Waals surface area contributed by atoms with E-state index >= 15 is 0 Å². The van der Waals surface area contributed by atoms with Crippen molar-refractivity contribution in [2.75, 3.05) is 0 Å². The molecule has 100 valence electrons. The van der Waals surface area contributed by atoms with Gasteiger partial charge in [-0.05, 0) is 18.8 Å². The van der Waals surface area contributed by atoms with Gasteiger partial charge in [-0.15, -0.1) is 0 Å². The maximum absolute atomic E-state index is 11.7. The maximum Gasteiger partial charge on any atom is 0.331 e. The van der Waals surface area contributed by atoms with Gasteiger partial charge in [0.1, 0.15) is 0 Å². The first-order valence-electron chi connectivity index (χ1n) is 6.68. The van der Waals surface area contributed by atoms with Crippen LogP contribution in [0.3, 0.4) is 0 Å². The molecule has 1 aromatic heterocycles. The molecule has 1 aromatic rings. The van der Waals surface area contributed by atoms with Crippen molar-refractivity contribution in [3.63, 3.8) is 0 Å². The molecule has 0 atom stereocenters. The van der Waals surface area contributed by atoms with Crippen molar-refractivity contribution in [1.29, 1.82) is 0 Å². The van der Waals surface area contributed by atoms with Gasteiger partial charge in [0.2, 0.25) is 5.88 Å². The van der Waals surface area contributed by atoms with Crippen LogP contribution in [0.5, 0.6) is 5.88 Å². The molecule has 0 spiro atoms. The van der Waals surface area contributed by atoms with Crippen LogP contribution in [0.25, 0.3) is 0 Å². The van der Waals surface area contributed by atoms with Crippen LogP contribution < -0.4 is 11.2 Å². The van der Waals surface area contributed by atoms with E-state index in [0.717, 1.165) is 6.42 Å². The molecule has 18 heavy (non-hydrogen) atoms. The molecule has 2 rings (SSSR count). The van der Waals surface area contributed by atoms with E-state index < -0.39 is 11.2 Å². The minimum atomic E-state index is -0.507. The summed E-state index contributed by atoms with van der Waals surface area (Å²) in [7, 11) is 0. The topological polar surface area (TPSA) is 75.1 Å². The van der Waals surface area contributed by atoms with Crippen molar-refractivity contribution in [3.05, 3.63) is 26.4 Å². The fraction of sp³-hybridized carbons (Fsp3) is 0.692. The van der Waals surface area contributed by atoms with Gasteiger partial charge in [0.05, 0.1) is 5.56 Å². The Morgan fingerprint density at radius 3 is 2.61 bits per heavy atom. The molecule has 1 heterocycles. The molecule has 5 heteroatoms. The molecule has 0 amide bonds. The van der Waals surface area contributed by atoms with E-state index in [0.29, 0.717) is 24.4 Å². The summed E-state index contributed by atoms with van der Waals surface area (Å²) < 4.78 is 1.29. The van der Waals surface area contributed by atoms with Crippen LogP contribution in [0.4, 0.5) is 0 Å². The summed E-state index contributed by atoms with van der Waals surface area (Å²) in [5, 5.41) is 9.97. The van der Waals surface area contributed by atoms with E-state index in [4.69, 9.17) is 0 Å². The third kappa shape index (κ3) is 2.49. The number of rotatable bonds is 4. The number of nitrogens with one attached hydrogen (secondary N) is 1. The zero-order valence-corrected chi connectivity index (χ0v) is 10.7. The van der Waals surface area contributed by atoms with E-state index in [1.54, 1.807) is 6.92 Å². The predicted octanol–water partition coefficient (Wildman–Crippen LogP) is 1.38. The zero-order valence-electron chi connectivity index (χ0n) is 10.7. The highest BCUT2D eigenvalue weighted by Gasteiger charge is 2.17. The third-order valence-corrected chi connectivity index (χ3v) is 3.85. The maximum atomic E-state index is 11.7. The molecule has 0 aromatic carbocycles. The Labute approximate surface area is 105 Å². The van der Waals surface area contributed by atoms with Crippen LogP contribution in [-0.2, 0) is 13.0 Å². The Hall–Kier alpha value is -1.52. The van der Waals surface area contributed by atoms with Crippen molar-refractivity contribution < 1.29 is 5.11 Å². The van der Waals surface area contributed by atoms with E-state index in [-0.39, 0.29) is 5.88 Å². The van der Waals surface area contributed by atoms with Gasteiger partial charge in [-0.3, -0.25) is 14.3 Å². The summed E-state index contributed by atoms with van der Waals surface area (Å²) in [5.41, 5.74) is -0.689. The van der Waals surface area contributed by atoms with Crippen LogP contribution in [-0.4, -0.2) is 14.7 Å². The molecule has 2 N–H and O–H groups in total. The lowest BCUT2D eigenvalue weighted by Gasteiger charge is -2.13. The van der Waals surface area contributed by atoms with Crippen LogP contribution in [0, 0.1) is 5.92 Å². The smallest absolute Gasteiger partial charge is 0.331 e. The molecule has 0 bridgehead atoms. The summed E-state index contributed by atoms with van der Waals surface area (Å²) in [6, 6.07) is 0. The van der Waals surface area contributed by atoms with Gasteiger partial charge < -0.3 is 5.11 Å². The van der Waals surface area contributed by atoms with E-state index in [9.17, 15) is 14.7 Å². The minimum absolute atomic E-state index is 0.163. The third-order valence-electron chi connectivity index (χ3n) is 3.85. The number of aromatic hydroxyl groups is 1. The highest BCUT2D eigenvalue weighted by molar-refractivity contribution is 5.22. The summed E-state index contributed by atoms with van der Waals surface area (Å²) in [5.74, 6) is 0.484. The SMILES string of the molecule is CCc1c(O)n(CCC2CCCC2)c(=O)[nH]c1=O. The fourth-order valence-electron chi connectivity index (χ4n) is 2.74. The first-order chi connectivity index (χ1) is 8.63. The molecule has 1 aliphatic carbocycles. The molecule has 0 unspecified atom stereocenters. The van der Waals surface area contributed by atoms with Gasteiger partial charge in [-0.25, -0.2) is 4.79 Å². The van der Waals surface area contributed by atoms with Crippen molar-refractivity contribution >= 4 is 0 Å². The largest absolute Gasteiger partial charge is 0.494 e. The normalized spacial score (nSPS) is 16.3. The Balaban J connectivity index is 2.21. The first kappa shape index (κ1) is 12.9. The number of aromatic nitrogens is 2. The Morgan fingerprint density at radius 1 is 1.33 bits per heavy atom. The average Bonchev–Trinajstić information content (AvgIpc) is 2.81. The van der Waals surface area contributed by atoms with Crippen LogP contribution >= 0.6 is 0 Å². The van der Waals surface area contributed by atoms with Crippen molar-refractivity contribution in [2.45, 2.75) is 52.0 Å². The lowest BCUT2D eigenvalue weighted by Crippen LogP contribution is -2.32. The van der Waals surface area contributed by atoms with Gasteiger partial charge in [0.15, 0.2) is 0 Å². The zero-order chi connectivity index (χ0) is 13.1. The highest BCUT2D eigenvalue weighted by atomic mass is 16.3. The second-order valence-electron chi connectivity index (χ2n) is 5.01. The van der Waals surface area contributed by atoms with Crippen molar-refractivity contribution in [3.8, 4) is 5.88 Å². The second-order valence-corrected chi connectivity index (χ2v) is 5.01. The fourth-order valence-corrected chi connectivity index (χ4v) is 2.74. The monoisotopic (exact) mass is 252 g/mol. The summed E-state index contributed by atoms with van der Waals surface area (Å²) in [6.45, 7) is 2.27. The molecule has 1 aliphatic rings. The summed E-state index contributed by atoms with van der Waals surface area (Å²) in [4.78, 5) is 25.4. The second kappa shape index (κ2) is 5.42. The molecule has 0 aliphatic heterocycles. The standard InChI is InChI=1S/C13H20N2O3/c1-2-10-11(16)14-13(18)15(12(10)17)8-7-9-5-3-4-6-9/h9,17H,2-8H2,1H3,(H,14,16,18). The average molecular weight is 252 g/mol. The highest BCUT2D eigenvalue weighted by Crippen LogP contribution is 2.28. The Morgan fingerprint density at radius 2 is 2.00 bits per heavy atom. The van der Waals surface area contributed by atoms with Crippen molar-refractivity contribution in [2.24, 2.45) is 5.92 Å². The molecular weight excluding hydrogens is 232 g/mol. The number of aromatic amines is 1. The number of H-pyrrole nitrogens is 1. The summed E-state index contributed by atoms with van der Waals surface area (Å²) in [6.07, 6.45) is 6.25. The Kier molecular flexibility index (Phi) is 3.89. The molecule has 0 radical (unpaired) electrons. The van der Waals surface area contributed by atoms with Gasteiger partial charge in [-0.2, -0.15) is 0 Å². The van der Waals surface area contributed by atoms with E-state index in [1.807, 2.05) is 0 Å².